The number of ether oxygens (including phenoxy) is 21. The highest BCUT2D eigenvalue weighted by molar-refractivity contribution is 5.75. The molecule has 5 amide bonds. The van der Waals surface area contributed by atoms with Gasteiger partial charge in [-0.2, -0.15) is 0 Å². The van der Waals surface area contributed by atoms with Gasteiger partial charge in [-0.1, -0.05) is 0 Å². The zero-order valence-electron chi connectivity index (χ0n) is 73.6. The van der Waals surface area contributed by atoms with Gasteiger partial charge in [0.2, 0.25) is 29.5 Å². The summed E-state index contributed by atoms with van der Waals surface area (Å²) in [6.45, 7) is -8.45. The number of carbonyl (C=O) groups is 5. The van der Waals surface area contributed by atoms with Crippen molar-refractivity contribution in [2.75, 3.05) is 72.7 Å². The van der Waals surface area contributed by atoms with Crippen molar-refractivity contribution in [3.8, 4) is 0 Å². The molecule has 0 saturated carbocycles. The number of amides is 5. The Labute approximate surface area is 775 Å². The average molecular weight is 2010 g/mol. The van der Waals surface area contributed by atoms with Crippen LogP contribution in [-0.2, 0) is 123 Å². The lowest BCUT2D eigenvalue weighted by Gasteiger charge is -2.52. The topological polar surface area (TPSA) is 946 Å². The van der Waals surface area contributed by atoms with Gasteiger partial charge >= 0.3 is 0 Å². The predicted octanol–water partition coefficient (Wildman–Crippen LogP) is -24.3. The molecule has 792 valence electrons. The molecule has 35 N–H and O–H groups in total. The molecular formula is C76H127N5O56. The van der Waals surface area contributed by atoms with E-state index in [4.69, 9.17) is 99.5 Å². The number of carbonyl (C=O) groups excluding carboxylic acids is 5. The van der Waals surface area contributed by atoms with E-state index < -0.39 is 440 Å². The van der Waals surface area contributed by atoms with Crippen molar-refractivity contribution in [1.82, 2.24) is 26.6 Å². The highest BCUT2D eigenvalue weighted by Crippen LogP contribution is 2.43. The van der Waals surface area contributed by atoms with Crippen LogP contribution >= 0.6 is 0 Å². The first kappa shape index (κ1) is 113. The van der Waals surface area contributed by atoms with Crippen LogP contribution < -0.4 is 26.6 Å². The Balaban J connectivity index is 0.991. The molecule has 11 heterocycles. The normalized spacial score (nSPS) is 48.9. The molecule has 11 saturated heterocycles. The molecule has 11 aliphatic heterocycles. The third-order valence-corrected chi connectivity index (χ3v) is 25.0. The lowest BCUT2D eigenvalue weighted by atomic mass is 9.93. The summed E-state index contributed by atoms with van der Waals surface area (Å²) in [6, 6.07) is -9.92. The van der Waals surface area contributed by atoms with Gasteiger partial charge in [0.1, 0.15) is 268 Å². The minimum Gasteiger partial charge on any atom is -0.394 e. The summed E-state index contributed by atoms with van der Waals surface area (Å²) < 4.78 is 127. The van der Waals surface area contributed by atoms with Crippen LogP contribution in [0.3, 0.4) is 0 Å². The standard InChI is InChI=1S/C76H127N5O56/c1-17(92)77-33-44(103)57(27(11-87)118-66(33)116)129-67-34(78-18(2)93)45(104)60(30(14-90)124-67)133-74-56(115)63(43(102)32(128-74)16-117-75-64(51(110)41(100)25(9-85)123-75)136-68-35(79-19(3)94)46(105)58(28(12-88)125-68)131-71-52(111)48(107)38(97)22(6-82)120-71)135-76-65(137-69-36(80-20(4)95)47(106)59(29(13-89)126-69)132-72-53(112)49(108)39(98)23(7-83)121-72)55(114)61(31(15-91)127-76)130-70-37(81-21(5)96)62(42(101)26(10-86)119-70)134-73-54(113)50(109)40(99)24(8-84)122-73/h22-76,82-91,97-116H,6-16H2,1-5H3,(H,77,92)(H,78,93)(H,79,94)(H,80,95)(H,81,96)/t22-,23-,24-,25-,26-,27-,28-,29-,30-,31-,32-,33-,34-,35-,36-,37-,38+,39+,40+,41-,42-,43-,44-,45-,46-,47-,48+,49+,50+,51+,52-,53-,54-,55+,56+,57-,58-,59-,60-,61-,62-,63+,64+,65+,66?,67+,68+,69+,70+,71+,72+,73+,74+,75+,76-/m1/s1. The van der Waals surface area contributed by atoms with Crippen molar-refractivity contribution in [3.63, 3.8) is 0 Å². The van der Waals surface area contributed by atoms with Crippen LogP contribution in [0.5, 0.6) is 0 Å². The smallest absolute Gasteiger partial charge is 0.217 e. The monoisotopic (exact) mass is 2010 g/mol. The Bertz CT molecular complexity index is 3780. The average Bonchev–Trinajstić information content (AvgIpc) is 0.756. The first-order chi connectivity index (χ1) is 64.9. The Morgan fingerprint density at radius 1 is 0.190 bits per heavy atom. The quantitative estimate of drug-likeness (QED) is 0.0277. The number of hydrogen-bond donors (Lipinski definition) is 35. The molecule has 0 spiro atoms. The maximum Gasteiger partial charge on any atom is 0.217 e. The van der Waals surface area contributed by atoms with Crippen LogP contribution in [0.4, 0.5) is 0 Å². The van der Waals surface area contributed by atoms with Gasteiger partial charge in [0, 0.05) is 34.6 Å². The van der Waals surface area contributed by atoms with E-state index in [1.807, 2.05) is 0 Å². The van der Waals surface area contributed by atoms with Gasteiger partial charge in [0.05, 0.1) is 72.7 Å². The van der Waals surface area contributed by atoms with Crippen LogP contribution in [0, 0.1) is 0 Å². The maximum absolute atomic E-state index is 13.4. The molecule has 61 heteroatoms. The Morgan fingerprint density at radius 2 is 0.416 bits per heavy atom. The predicted molar refractivity (Wildman–Crippen MR) is 420 cm³/mol. The van der Waals surface area contributed by atoms with Crippen molar-refractivity contribution < 1.29 is 277 Å². The fourth-order valence-corrected chi connectivity index (χ4v) is 17.8. The summed E-state index contributed by atoms with van der Waals surface area (Å²) in [5.74, 6) is -4.92. The van der Waals surface area contributed by atoms with Crippen LogP contribution in [0.1, 0.15) is 34.6 Å². The molecule has 61 nitrogen and oxygen atoms in total. The van der Waals surface area contributed by atoms with Crippen molar-refractivity contribution >= 4 is 29.5 Å². The second-order valence-corrected chi connectivity index (χ2v) is 34.5. The Kier molecular flexibility index (Phi) is 40.7. The molecule has 11 aliphatic rings. The second kappa shape index (κ2) is 49.5. The molecular weight excluding hydrogens is 1880 g/mol. The summed E-state index contributed by atoms with van der Waals surface area (Å²) in [5.41, 5.74) is 0. The van der Waals surface area contributed by atoms with Gasteiger partial charge in [-0.3, -0.25) is 24.0 Å². The highest BCUT2D eigenvalue weighted by atomic mass is 16.8. The third kappa shape index (κ3) is 25.0. The zero-order valence-corrected chi connectivity index (χ0v) is 73.6. The number of nitrogens with one attached hydrogen (secondary N) is 5. The van der Waals surface area contributed by atoms with E-state index in [-0.39, 0.29) is 0 Å². The molecule has 0 radical (unpaired) electrons. The first-order valence-electron chi connectivity index (χ1n) is 43.7. The SMILES string of the molecule is CC(=O)N[C@H]1[C@H](O[C@H]2[C@H](O)[C@@H](NC(C)=O)C(O)O[C@@H]2CO)O[C@H](CO)[C@@H](O[C@@H]2O[C@H](CO[C@H]3O[C@H](CO)[C@@H](O)[C@H](O)[C@@H]3O[C@@H]3O[C@H](CO)[C@@H](O[C@@H]4O[C@H](CO)[C@H](O)[C@H](O)[C@H]4O)[C@H](O)[C@H]3NC(C)=O)[C@@H](O)[C@H](O[C@H]3O[C@H](CO)[C@@H](O[C@@H]4O[C@H](CO)[C@@H](O)[C@H](O[C@@H]5O[C@H](CO)[C@H](O)[C@H](O)[C@H]5O)[C@H]4NC(C)=O)[C@H](O)[C@@H]3O[C@@H]3O[C@H](CO)[C@@H](O[C@@H]4O[C@H](CO)[C@H](O)[C@H](O)[C@H]4O)[C@H](O)[C@H]3NC(C)=O)[C@@H]2O)[C@@H]1O. The van der Waals surface area contributed by atoms with E-state index >= 15 is 0 Å². The first-order valence-corrected chi connectivity index (χ1v) is 43.7. The molecule has 0 aromatic carbocycles. The van der Waals surface area contributed by atoms with E-state index in [0.717, 1.165) is 34.6 Å². The highest BCUT2D eigenvalue weighted by Gasteiger charge is 2.64. The lowest BCUT2D eigenvalue weighted by Crippen LogP contribution is -2.72. The largest absolute Gasteiger partial charge is 0.394 e. The molecule has 1 unspecified atom stereocenters. The van der Waals surface area contributed by atoms with Crippen molar-refractivity contribution in [3.05, 3.63) is 0 Å². The minimum atomic E-state index is -2.76. The summed E-state index contributed by atoms with van der Waals surface area (Å²) in [7, 11) is 0. The van der Waals surface area contributed by atoms with E-state index in [0.29, 0.717) is 0 Å². The van der Waals surface area contributed by atoms with Gasteiger partial charge in [0.15, 0.2) is 69.2 Å². The molecule has 0 aromatic heterocycles. The van der Waals surface area contributed by atoms with E-state index in [1.54, 1.807) is 0 Å². The minimum absolute atomic E-state index is 0.831. The second-order valence-electron chi connectivity index (χ2n) is 34.5. The summed E-state index contributed by atoms with van der Waals surface area (Å²) >= 11 is 0. The lowest BCUT2D eigenvalue weighted by molar-refractivity contribution is -0.406. The molecule has 137 heavy (non-hydrogen) atoms. The molecule has 55 atom stereocenters. The summed E-state index contributed by atoms with van der Waals surface area (Å²) in [5, 5.41) is 350. The van der Waals surface area contributed by atoms with Crippen LogP contribution in [0.15, 0.2) is 0 Å². The van der Waals surface area contributed by atoms with Crippen molar-refractivity contribution in [2.24, 2.45) is 0 Å². The fraction of sp³-hybridized carbons (Fsp3) is 0.934. The molecule has 11 rings (SSSR count). The fourth-order valence-electron chi connectivity index (χ4n) is 17.8. The number of aliphatic hydroxyl groups is 30. The van der Waals surface area contributed by atoms with Crippen LogP contribution in [0.25, 0.3) is 0 Å². The summed E-state index contributed by atoms with van der Waals surface area (Å²) in [4.78, 5) is 65.4. The van der Waals surface area contributed by atoms with Crippen molar-refractivity contribution in [1.29, 1.82) is 0 Å². The molecule has 11 fully saturated rings. The van der Waals surface area contributed by atoms with Gasteiger partial charge in [-0.25, -0.2) is 0 Å². The maximum atomic E-state index is 13.4. The van der Waals surface area contributed by atoms with Gasteiger partial charge in [0.25, 0.3) is 0 Å². The number of aliphatic hydroxyl groups excluding tert-OH is 30. The van der Waals surface area contributed by atoms with Crippen molar-refractivity contribution in [2.45, 2.75) is 372 Å². The molecule has 0 bridgehead atoms. The van der Waals surface area contributed by atoms with Gasteiger partial charge < -0.3 is 279 Å². The zero-order chi connectivity index (χ0) is 101. The van der Waals surface area contributed by atoms with E-state index in [1.165, 1.54) is 0 Å². The van der Waals surface area contributed by atoms with E-state index in [2.05, 4.69) is 26.6 Å². The number of hydrogen-bond acceptors (Lipinski definition) is 56. The number of rotatable bonds is 36. The molecule has 0 aromatic rings. The van der Waals surface area contributed by atoms with E-state index in [9.17, 15) is 177 Å². The Morgan fingerprint density at radius 3 is 0.774 bits per heavy atom. The van der Waals surface area contributed by atoms with Gasteiger partial charge in [-0.05, 0) is 0 Å². The third-order valence-electron chi connectivity index (χ3n) is 25.0. The van der Waals surface area contributed by atoms with Gasteiger partial charge in [-0.15, -0.1) is 0 Å². The van der Waals surface area contributed by atoms with Crippen LogP contribution in [-0.4, -0.2) is 593 Å². The Hall–Kier alpha value is -4.69. The summed E-state index contributed by atoms with van der Waals surface area (Å²) in [6.07, 6.45) is -109. The molecule has 0 aliphatic carbocycles. The van der Waals surface area contributed by atoms with Crippen LogP contribution in [0.2, 0.25) is 0 Å².